The van der Waals surface area contributed by atoms with E-state index in [4.69, 9.17) is 9.97 Å². The molecule has 0 amide bonds. The molecule has 0 aliphatic rings. The molecule has 2 heterocycles. The molecule has 176 valence electrons. The lowest BCUT2D eigenvalue weighted by Gasteiger charge is -2.16. The molecule has 0 saturated carbocycles. The van der Waals surface area contributed by atoms with Gasteiger partial charge in [-0.25, -0.2) is 0 Å². The number of benzene rings is 4. The summed E-state index contributed by atoms with van der Waals surface area (Å²) in [5.74, 6) is 0. The molecule has 37 heavy (non-hydrogen) atoms. The van der Waals surface area contributed by atoms with E-state index in [-0.39, 0.29) is 0 Å². The molecular weight excluding hydrogens is 448 g/mol. The van der Waals surface area contributed by atoms with Crippen molar-refractivity contribution < 1.29 is 0 Å². The molecule has 0 unspecified atom stereocenters. The molecule has 0 N–H and O–H groups in total. The lowest BCUT2D eigenvalue weighted by molar-refractivity contribution is 1.02. The van der Waals surface area contributed by atoms with Crippen molar-refractivity contribution in [2.24, 2.45) is 0 Å². The Labute approximate surface area is 218 Å². The van der Waals surface area contributed by atoms with Crippen LogP contribution in [0.1, 0.15) is 11.4 Å². The monoisotopic (exact) mass is 474 g/mol. The molecule has 6 aromatic rings. The minimum absolute atomic E-state index is 0.637. The molecule has 0 aliphatic heterocycles. The smallest absolute Gasteiger partial charge is 0.0541 e. The van der Waals surface area contributed by atoms with Crippen molar-refractivity contribution in [1.82, 2.24) is 9.97 Å². The van der Waals surface area contributed by atoms with Crippen LogP contribution in [-0.2, 0) is 6.42 Å². The van der Waals surface area contributed by atoms with Gasteiger partial charge in [0, 0.05) is 29.9 Å². The zero-order valence-electron chi connectivity index (χ0n) is 20.5. The van der Waals surface area contributed by atoms with E-state index in [1.54, 1.807) is 0 Å². The predicted molar refractivity (Wildman–Crippen MR) is 153 cm³/mol. The van der Waals surface area contributed by atoms with E-state index in [2.05, 4.69) is 121 Å². The van der Waals surface area contributed by atoms with Gasteiger partial charge < -0.3 is 0 Å². The number of hydrogen-bond donors (Lipinski definition) is 0. The molecule has 0 saturated heterocycles. The summed E-state index contributed by atoms with van der Waals surface area (Å²) in [7, 11) is 0. The second kappa shape index (κ2) is 10.4. The van der Waals surface area contributed by atoms with Crippen molar-refractivity contribution >= 4 is 0 Å². The Bertz CT molecular complexity index is 1510. The summed E-state index contributed by atoms with van der Waals surface area (Å²) in [4.78, 5) is 9.72. The summed E-state index contributed by atoms with van der Waals surface area (Å²) in [5.41, 5.74) is 11.5. The molecule has 0 radical (unpaired) electrons. The Morgan fingerprint density at radius 3 is 1.11 bits per heavy atom. The summed E-state index contributed by atoms with van der Waals surface area (Å²) in [6, 6.07) is 46.6. The van der Waals surface area contributed by atoms with Crippen LogP contribution in [0.2, 0.25) is 0 Å². The van der Waals surface area contributed by atoms with Crippen LogP contribution in [0.25, 0.3) is 44.5 Å². The summed E-state index contributed by atoms with van der Waals surface area (Å²) in [6.07, 6.45) is 4.40. The number of aromatic nitrogens is 2. The molecule has 6 rings (SSSR count). The fourth-order valence-electron chi connectivity index (χ4n) is 4.98. The van der Waals surface area contributed by atoms with Gasteiger partial charge >= 0.3 is 0 Å². The zero-order valence-corrected chi connectivity index (χ0v) is 20.5. The highest BCUT2D eigenvalue weighted by Gasteiger charge is 2.16. The molecule has 0 spiro atoms. The third-order valence-corrected chi connectivity index (χ3v) is 6.72. The van der Waals surface area contributed by atoms with Gasteiger partial charge in [0.15, 0.2) is 0 Å². The number of nitrogens with zero attached hydrogens (tertiary/aromatic N) is 2. The van der Waals surface area contributed by atoms with E-state index in [9.17, 15) is 0 Å². The SMILES string of the molecule is c1ccc(-c2ccccc2-c2cccnc2Cc2ncccc2-c2ccccc2-c2ccccc2)cc1. The van der Waals surface area contributed by atoms with E-state index < -0.39 is 0 Å². The average molecular weight is 475 g/mol. The van der Waals surface area contributed by atoms with Crippen molar-refractivity contribution in [1.29, 1.82) is 0 Å². The van der Waals surface area contributed by atoms with Gasteiger partial charge in [0.05, 0.1) is 11.4 Å². The summed E-state index contributed by atoms with van der Waals surface area (Å²) < 4.78 is 0. The fraction of sp³-hybridized carbons (Fsp3) is 0.0286. The first-order chi connectivity index (χ1) is 18.4. The highest BCUT2D eigenvalue weighted by Crippen LogP contribution is 2.37. The van der Waals surface area contributed by atoms with E-state index in [0.717, 1.165) is 22.5 Å². The van der Waals surface area contributed by atoms with Crippen molar-refractivity contribution in [3.8, 4) is 44.5 Å². The lowest BCUT2D eigenvalue weighted by atomic mass is 9.90. The van der Waals surface area contributed by atoms with Crippen LogP contribution in [0, 0.1) is 0 Å². The molecule has 2 nitrogen and oxygen atoms in total. The zero-order chi connectivity index (χ0) is 24.9. The van der Waals surface area contributed by atoms with Gasteiger partial charge in [-0.15, -0.1) is 0 Å². The van der Waals surface area contributed by atoms with Gasteiger partial charge in [0.1, 0.15) is 0 Å². The quantitative estimate of drug-likeness (QED) is 0.241. The molecule has 2 aromatic heterocycles. The minimum Gasteiger partial charge on any atom is -0.260 e. The Hall–Kier alpha value is -4.82. The summed E-state index contributed by atoms with van der Waals surface area (Å²) in [6.45, 7) is 0. The Morgan fingerprint density at radius 1 is 0.324 bits per heavy atom. The highest BCUT2D eigenvalue weighted by molar-refractivity contribution is 5.86. The molecule has 2 heteroatoms. The van der Waals surface area contributed by atoms with Crippen LogP contribution in [0.5, 0.6) is 0 Å². The van der Waals surface area contributed by atoms with E-state index >= 15 is 0 Å². The molecule has 0 fully saturated rings. The first-order valence-electron chi connectivity index (χ1n) is 12.6. The largest absolute Gasteiger partial charge is 0.260 e. The van der Waals surface area contributed by atoms with Crippen LogP contribution in [0.4, 0.5) is 0 Å². The maximum atomic E-state index is 4.86. The van der Waals surface area contributed by atoms with Crippen LogP contribution < -0.4 is 0 Å². The lowest BCUT2D eigenvalue weighted by Crippen LogP contribution is -2.01. The maximum absolute atomic E-state index is 4.86. The second-order valence-electron chi connectivity index (χ2n) is 9.00. The fourth-order valence-corrected chi connectivity index (χ4v) is 4.98. The van der Waals surface area contributed by atoms with E-state index in [0.29, 0.717) is 6.42 Å². The van der Waals surface area contributed by atoms with E-state index in [1.165, 1.54) is 33.4 Å². The summed E-state index contributed by atoms with van der Waals surface area (Å²) >= 11 is 0. The number of hydrogen-bond acceptors (Lipinski definition) is 2. The van der Waals surface area contributed by atoms with Gasteiger partial charge in [-0.3, -0.25) is 9.97 Å². The standard InChI is InChI=1S/C35H26N2/c1-3-13-26(14-4-1)28-17-7-9-19-30(28)32-21-11-23-36-34(32)25-35-33(22-12-24-37-35)31-20-10-8-18-29(31)27-15-5-2-6-16-27/h1-24H,25H2. The van der Waals surface area contributed by atoms with Gasteiger partial charge in [-0.2, -0.15) is 0 Å². The van der Waals surface area contributed by atoms with Gasteiger partial charge in [0.25, 0.3) is 0 Å². The van der Waals surface area contributed by atoms with Crippen molar-refractivity contribution in [3.63, 3.8) is 0 Å². The highest BCUT2D eigenvalue weighted by atomic mass is 14.7. The van der Waals surface area contributed by atoms with Crippen molar-refractivity contribution in [3.05, 3.63) is 157 Å². The van der Waals surface area contributed by atoms with Crippen LogP contribution in [0.3, 0.4) is 0 Å². The summed E-state index contributed by atoms with van der Waals surface area (Å²) in [5, 5.41) is 0. The van der Waals surface area contributed by atoms with Gasteiger partial charge in [0.2, 0.25) is 0 Å². The topological polar surface area (TPSA) is 25.8 Å². The first kappa shape index (κ1) is 22.6. The van der Waals surface area contributed by atoms with Gasteiger partial charge in [-0.05, 0) is 45.5 Å². The maximum Gasteiger partial charge on any atom is 0.0541 e. The Balaban J connectivity index is 1.45. The third-order valence-electron chi connectivity index (χ3n) is 6.72. The Kier molecular flexibility index (Phi) is 6.38. The third kappa shape index (κ3) is 4.70. The molecule has 0 bridgehead atoms. The molecule has 0 aliphatic carbocycles. The molecule has 4 aromatic carbocycles. The predicted octanol–water partition coefficient (Wildman–Crippen LogP) is 8.74. The van der Waals surface area contributed by atoms with Crippen LogP contribution >= 0.6 is 0 Å². The second-order valence-corrected chi connectivity index (χ2v) is 9.00. The van der Waals surface area contributed by atoms with Crippen molar-refractivity contribution in [2.45, 2.75) is 6.42 Å². The van der Waals surface area contributed by atoms with Crippen LogP contribution in [0.15, 0.2) is 146 Å². The first-order valence-corrected chi connectivity index (χ1v) is 12.6. The minimum atomic E-state index is 0.637. The van der Waals surface area contributed by atoms with Crippen molar-refractivity contribution in [2.75, 3.05) is 0 Å². The normalized spacial score (nSPS) is 10.8. The van der Waals surface area contributed by atoms with E-state index in [1.807, 2.05) is 24.5 Å². The van der Waals surface area contributed by atoms with Crippen LogP contribution in [-0.4, -0.2) is 9.97 Å². The number of pyridine rings is 2. The van der Waals surface area contributed by atoms with Gasteiger partial charge in [-0.1, -0.05) is 121 Å². The molecular formula is C35H26N2. The Morgan fingerprint density at radius 2 is 0.676 bits per heavy atom. The average Bonchev–Trinajstić information content (AvgIpc) is 2.99. The molecule has 0 atom stereocenters. The number of rotatable bonds is 6.